The average Bonchev–Trinajstić information content (AvgIpc) is 2.95. The Morgan fingerprint density at radius 1 is 1.15 bits per heavy atom. The van der Waals surface area contributed by atoms with Crippen molar-refractivity contribution in [2.45, 2.75) is 25.8 Å². The first-order valence-electron chi connectivity index (χ1n) is 8.37. The van der Waals surface area contributed by atoms with Gasteiger partial charge in [-0.2, -0.15) is 0 Å². The number of carbonyl (C=O) groups is 1. The van der Waals surface area contributed by atoms with Crippen LogP contribution in [-0.4, -0.2) is 26.1 Å². The summed E-state index contributed by atoms with van der Waals surface area (Å²) in [4.78, 5) is 14.8. The predicted molar refractivity (Wildman–Crippen MR) is 108 cm³/mol. The molecule has 0 unspecified atom stereocenters. The molecule has 1 aliphatic heterocycles. The van der Waals surface area contributed by atoms with Gasteiger partial charge >= 0.3 is 0 Å². The minimum atomic E-state index is -3.28. The molecule has 2 aromatic rings. The van der Waals surface area contributed by atoms with Crippen molar-refractivity contribution < 1.29 is 13.2 Å². The number of nitrogens with zero attached hydrogens (tertiary/aromatic N) is 1. The van der Waals surface area contributed by atoms with E-state index in [9.17, 15) is 13.2 Å². The van der Waals surface area contributed by atoms with Crippen molar-refractivity contribution in [3.05, 3.63) is 75.6 Å². The van der Waals surface area contributed by atoms with Crippen molar-refractivity contribution in [2.75, 3.05) is 10.7 Å². The molecule has 2 aromatic carbocycles. The van der Waals surface area contributed by atoms with Gasteiger partial charge < -0.3 is 4.90 Å². The quantitative estimate of drug-likeness (QED) is 0.711. The van der Waals surface area contributed by atoms with Crippen molar-refractivity contribution >= 4 is 37.4 Å². The molecule has 1 aliphatic rings. The molecule has 0 aromatic heterocycles. The van der Waals surface area contributed by atoms with E-state index in [-0.39, 0.29) is 11.7 Å². The Kier molecular flexibility index (Phi) is 5.34. The summed E-state index contributed by atoms with van der Waals surface area (Å²) in [5.74, 6) is 0.0546. The highest BCUT2D eigenvalue weighted by Crippen LogP contribution is 2.27. The first kappa shape index (κ1) is 18.9. The van der Waals surface area contributed by atoms with Gasteiger partial charge in [-0.1, -0.05) is 48.0 Å². The standard InChI is InChI=1S/C20H20BrNO3S/c1-14(2)15-6-8-18(9-7-15)22(19-10-11-26(24,25)13-19)20(23)16-4-3-5-17(21)12-16/h3-12,14,19H,13H2,1-2H3/t19-/m1/s1. The molecule has 4 nitrogen and oxygen atoms in total. The number of anilines is 1. The highest BCUT2D eigenvalue weighted by molar-refractivity contribution is 9.10. The molecule has 6 heteroatoms. The molecule has 3 rings (SSSR count). The summed E-state index contributed by atoms with van der Waals surface area (Å²) >= 11 is 3.38. The van der Waals surface area contributed by atoms with Crippen molar-refractivity contribution in [3.8, 4) is 0 Å². The lowest BCUT2D eigenvalue weighted by molar-refractivity contribution is 0.0983. The third-order valence-corrected chi connectivity index (χ3v) is 6.24. The van der Waals surface area contributed by atoms with Crippen molar-refractivity contribution in [3.63, 3.8) is 0 Å². The van der Waals surface area contributed by atoms with Gasteiger partial charge in [-0.3, -0.25) is 4.79 Å². The van der Waals surface area contributed by atoms with E-state index >= 15 is 0 Å². The van der Waals surface area contributed by atoms with E-state index in [2.05, 4.69) is 29.8 Å². The molecule has 0 radical (unpaired) electrons. The Morgan fingerprint density at radius 2 is 1.85 bits per heavy atom. The smallest absolute Gasteiger partial charge is 0.258 e. The van der Waals surface area contributed by atoms with E-state index in [1.54, 1.807) is 29.2 Å². The van der Waals surface area contributed by atoms with Crippen LogP contribution in [0.5, 0.6) is 0 Å². The van der Waals surface area contributed by atoms with Crippen molar-refractivity contribution in [1.29, 1.82) is 0 Å². The third kappa shape index (κ3) is 4.07. The molecule has 0 bridgehead atoms. The Labute approximate surface area is 162 Å². The van der Waals surface area contributed by atoms with E-state index in [1.807, 2.05) is 30.3 Å². The molecular weight excluding hydrogens is 414 g/mol. The highest BCUT2D eigenvalue weighted by Gasteiger charge is 2.32. The third-order valence-electron chi connectivity index (χ3n) is 4.37. The zero-order valence-corrected chi connectivity index (χ0v) is 17.0. The maximum absolute atomic E-state index is 13.2. The largest absolute Gasteiger partial charge is 0.300 e. The SMILES string of the molecule is CC(C)c1ccc(N(C(=O)c2cccc(Br)c2)[C@@H]2C=CS(=O)(=O)C2)cc1. The van der Waals surface area contributed by atoms with E-state index in [0.29, 0.717) is 17.2 Å². The lowest BCUT2D eigenvalue weighted by Crippen LogP contribution is -2.41. The van der Waals surface area contributed by atoms with E-state index < -0.39 is 15.9 Å². The Balaban J connectivity index is 2.02. The van der Waals surface area contributed by atoms with Crippen LogP contribution in [0.4, 0.5) is 5.69 Å². The zero-order chi connectivity index (χ0) is 18.9. The van der Waals surface area contributed by atoms with E-state index in [1.165, 1.54) is 5.41 Å². The summed E-state index contributed by atoms with van der Waals surface area (Å²) in [7, 11) is -3.28. The molecule has 0 saturated heterocycles. The van der Waals surface area contributed by atoms with E-state index in [4.69, 9.17) is 0 Å². The number of sulfone groups is 1. The van der Waals surface area contributed by atoms with Gasteiger partial charge in [0.2, 0.25) is 0 Å². The maximum atomic E-state index is 13.2. The first-order chi connectivity index (χ1) is 12.3. The normalized spacial score (nSPS) is 18.2. The summed E-state index contributed by atoms with van der Waals surface area (Å²) < 4.78 is 24.6. The van der Waals surface area contributed by atoms with Crippen LogP contribution in [0.3, 0.4) is 0 Å². The van der Waals surface area contributed by atoms with Crippen LogP contribution < -0.4 is 4.90 Å². The van der Waals surface area contributed by atoms with Crippen LogP contribution in [0, 0.1) is 0 Å². The first-order valence-corrected chi connectivity index (χ1v) is 10.9. The fourth-order valence-electron chi connectivity index (χ4n) is 2.96. The van der Waals surface area contributed by atoms with Crippen LogP contribution in [0.15, 0.2) is 64.5 Å². The average molecular weight is 434 g/mol. The predicted octanol–water partition coefficient (Wildman–Crippen LogP) is 4.53. The lowest BCUT2D eigenvalue weighted by atomic mass is 10.0. The monoisotopic (exact) mass is 433 g/mol. The van der Waals surface area contributed by atoms with Crippen LogP contribution in [0.1, 0.15) is 35.7 Å². The number of amides is 1. The van der Waals surface area contributed by atoms with Gasteiger partial charge in [-0.15, -0.1) is 0 Å². The Bertz CT molecular complexity index is 949. The van der Waals surface area contributed by atoms with Crippen molar-refractivity contribution in [1.82, 2.24) is 0 Å². The second kappa shape index (κ2) is 7.37. The van der Waals surface area contributed by atoms with Crippen LogP contribution in [0.25, 0.3) is 0 Å². The van der Waals surface area contributed by atoms with Gasteiger partial charge in [0.1, 0.15) is 0 Å². The van der Waals surface area contributed by atoms with Gasteiger partial charge in [0.05, 0.1) is 11.8 Å². The van der Waals surface area contributed by atoms with Gasteiger partial charge in [0.15, 0.2) is 9.84 Å². The molecular formula is C20H20BrNO3S. The topological polar surface area (TPSA) is 54.5 Å². The lowest BCUT2D eigenvalue weighted by Gasteiger charge is -2.28. The number of hydrogen-bond donors (Lipinski definition) is 0. The van der Waals surface area contributed by atoms with Gasteiger partial charge in [0.25, 0.3) is 5.91 Å². The molecule has 26 heavy (non-hydrogen) atoms. The van der Waals surface area contributed by atoms with E-state index in [0.717, 1.165) is 10.0 Å². The summed E-state index contributed by atoms with van der Waals surface area (Å²) in [6.07, 6.45) is 1.58. The number of carbonyl (C=O) groups excluding carboxylic acids is 1. The molecule has 0 saturated carbocycles. The van der Waals surface area contributed by atoms with Crippen molar-refractivity contribution in [2.24, 2.45) is 0 Å². The second-order valence-electron chi connectivity index (χ2n) is 6.66. The second-order valence-corrected chi connectivity index (χ2v) is 9.50. The van der Waals surface area contributed by atoms with Crippen LogP contribution in [-0.2, 0) is 9.84 Å². The van der Waals surface area contributed by atoms with Crippen LogP contribution >= 0.6 is 15.9 Å². The molecule has 1 heterocycles. The maximum Gasteiger partial charge on any atom is 0.258 e. The molecule has 0 fully saturated rings. The van der Waals surface area contributed by atoms with Gasteiger partial charge in [0, 0.05) is 21.1 Å². The minimum Gasteiger partial charge on any atom is -0.300 e. The number of benzene rings is 2. The molecule has 1 amide bonds. The van der Waals surface area contributed by atoms with Gasteiger partial charge in [-0.05, 0) is 47.9 Å². The van der Waals surface area contributed by atoms with Gasteiger partial charge in [-0.25, -0.2) is 8.42 Å². The summed E-state index contributed by atoms with van der Waals surface area (Å²) in [5.41, 5.74) is 2.36. The zero-order valence-electron chi connectivity index (χ0n) is 14.6. The fourth-order valence-corrected chi connectivity index (χ4v) is 4.63. The summed E-state index contributed by atoms with van der Waals surface area (Å²) in [5, 5.41) is 1.20. The number of rotatable bonds is 4. The molecule has 1 atom stereocenters. The molecule has 0 aliphatic carbocycles. The Hall–Kier alpha value is -1.92. The molecule has 0 N–H and O–H groups in total. The Morgan fingerprint density at radius 3 is 2.38 bits per heavy atom. The molecule has 136 valence electrons. The summed E-state index contributed by atoms with van der Waals surface area (Å²) in [6.45, 7) is 4.21. The minimum absolute atomic E-state index is 0.0985. The van der Waals surface area contributed by atoms with Crippen LogP contribution in [0.2, 0.25) is 0 Å². The fraction of sp³-hybridized carbons (Fsp3) is 0.250. The highest BCUT2D eigenvalue weighted by atomic mass is 79.9. The molecule has 0 spiro atoms. The number of halogens is 1. The number of hydrogen-bond acceptors (Lipinski definition) is 3. The summed E-state index contributed by atoms with van der Waals surface area (Å²) in [6, 6.07) is 14.3.